The summed E-state index contributed by atoms with van der Waals surface area (Å²) in [6, 6.07) is 9.58. The molecule has 0 N–H and O–H groups in total. The molecule has 0 aromatic heterocycles. The zero-order valence-corrected chi connectivity index (χ0v) is 7.19. The number of hydrogen-bond donors (Lipinski definition) is 0. The number of rotatable bonds is 0. The Labute approximate surface area is 76.5 Å². The third-order valence-corrected chi connectivity index (χ3v) is 1.89. The van der Waals surface area contributed by atoms with Crippen molar-refractivity contribution >= 4 is 5.69 Å². The third kappa shape index (κ3) is 1.23. The molecule has 1 aromatic rings. The van der Waals surface area contributed by atoms with Gasteiger partial charge in [-0.1, -0.05) is 12.1 Å². The molecule has 0 bridgehead atoms. The molecular formula is C10H8N2O. The highest BCUT2D eigenvalue weighted by Crippen LogP contribution is 2.32. The van der Waals surface area contributed by atoms with Gasteiger partial charge in [0.25, 0.3) is 0 Å². The van der Waals surface area contributed by atoms with Crippen molar-refractivity contribution in [3.8, 4) is 11.8 Å². The highest BCUT2D eigenvalue weighted by atomic mass is 16.5. The van der Waals surface area contributed by atoms with E-state index in [1.54, 1.807) is 6.20 Å². The van der Waals surface area contributed by atoms with E-state index in [1.165, 1.54) is 0 Å². The van der Waals surface area contributed by atoms with E-state index in [0.29, 0.717) is 5.76 Å². The van der Waals surface area contributed by atoms with Gasteiger partial charge in [0.05, 0.1) is 11.9 Å². The standard InChI is InChI=1S/C10H8N2O/c1-12-7-8(6-11)13-10-5-3-2-4-9(10)12/h2-5,7H,1H3. The highest BCUT2D eigenvalue weighted by molar-refractivity contribution is 5.63. The van der Waals surface area contributed by atoms with Gasteiger partial charge in [0, 0.05) is 7.05 Å². The summed E-state index contributed by atoms with van der Waals surface area (Å²) >= 11 is 0. The average Bonchev–Trinajstić information content (AvgIpc) is 2.18. The Morgan fingerprint density at radius 1 is 1.38 bits per heavy atom. The van der Waals surface area contributed by atoms with Crippen molar-refractivity contribution in [3.63, 3.8) is 0 Å². The zero-order valence-electron chi connectivity index (χ0n) is 7.19. The number of allylic oxidation sites excluding steroid dienone is 1. The van der Waals surface area contributed by atoms with Crippen LogP contribution in [0.5, 0.6) is 5.75 Å². The molecule has 0 amide bonds. The molecule has 0 saturated carbocycles. The molecule has 1 aliphatic heterocycles. The topological polar surface area (TPSA) is 36.3 Å². The van der Waals surface area contributed by atoms with E-state index in [-0.39, 0.29) is 0 Å². The Kier molecular flexibility index (Phi) is 1.67. The average molecular weight is 172 g/mol. The van der Waals surface area contributed by atoms with Gasteiger partial charge < -0.3 is 9.64 Å². The first-order valence-corrected chi connectivity index (χ1v) is 3.93. The van der Waals surface area contributed by atoms with E-state index in [2.05, 4.69) is 0 Å². The maximum absolute atomic E-state index is 8.66. The van der Waals surface area contributed by atoms with Crippen LogP contribution in [0.15, 0.2) is 36.2 Å². The van der Waals surface area contributed by atoms with Crippen molar-refractivity contribution in [2.75, 3.05) is 11.9 Å². The summed E-state index contributed by atoms with van der Waals surface area (Å²) in [4.78, 5) is 1.87. The predicted octanol–water partition coefficient (Wildman–Crippen LogP) is 1.88. The van der Waals surface area contributed by atoms with Crippen molar-refractivity contribution in [2.45, 2.75) is 0 Å². The van der Waals surface area contributed by atoms with Gasteiger partial charge in [-0.2, -0.15) is 5.26 Å². The number of hydrogen-bond acceptors (Lipinski definition) is 3. The van der Waals surface area contributed by atoms with E-state index in [1.807, 2.05) is 42.3 Å². The molecule has 64 valence electrons. The van der Waals surface area contributed by atoms with E-state index < -0.39 is 0 Å². The summed E-state index contributed by atoms with van der Waals surface area (Å²) in [5.74, 6) is 1.05. The molecule has 1 aromatic carbocycles. The Morgan fingerprint density at radius 2 is 2.15 bits per heavy atom. The Bertz CT molecular complexity index is 404. The molecule has 1 aliphatic rings. The minimum absolute atomic E-state index is 0.321. The van der Waals surface area contributed by atoms with Crippen LogP contribution in [0.1, 0.15) is 0 Å². The van der Waals surface area contributed by atoms with E-state index >= 15 is 0 Å². The van der Waals surface area contributed by atoms with Crippen LogP contribution in [0.2, 0.25) is 0 Å². The summed E-state index contributed by atoms with van der Waals surface area (Å²) in [5.41, 5.74) is 0.974. The van der Waals surface area contributed by atoms with Crippen LogP contribution >= 0.6 is 0 Å². The van der Waals surface area contributed by atoms with Crippen molar-refractivity contribution < 1.29 is 4.74 Å². The Morgan fingerprint density at radius 3 is 2.92 bits per heavy atom. The van der Waals surface area contributed by atoms with Crippen molar-refractivity contribution in [1.82, 2.24) is 0 Å². The lowest BCUT2D eigenvalue weighted by Crippen LogP contribution is -2.16. The van der Waals surface area contributed by atoms with Gasteiger partial charge in [-0.05, 0) is 12.1 Å². The summed E-state index contributed by atoms with van der Waals surface area (Å²) in [5, 5.41) is 8.66. The number of benzene rings is 1. The van der Waals surface area contributed by atoms with Gasteiger partial charge in [0.1, 0.15) is 6.07 Å². The molecule has 0 atom stereocenters. The number of anilines is 1. The Hall–Kier alpha value is -1.95. The molecule has 0 radical (unpaired) electrons. The van der Waals surface area contributed by atoms with Gasteiger partial charge in [0.15, 0.2) is 5.75 Å². The first-order chi connectivity index (χ1) is 6.31. The van der Waals surface area contributed by atoms with Gasteiger partial charge in [-0.15, -0.1) is 0 Å². The van der Waals surface area contributed by atoms with Crippen LogP contribution < -0.4 is 9.64 Å². The molecule has 0 unspecified atom stereocenters. The molecule has 3 nitrogen and oxygen atoms in total. The van der Waals surface area contributed by atoms with Gasteiger partial charge in [-0.3, -0.25) is 0 Å². The first-order valence-electron chi connectivity index (χ1n) is 3.93. The first kappa shape index (κ1) is 7.69. The maximum Gasteiger partial charge on any atom is 0.220 e. The fraction of sp³-hybridized carbons (Fsp3) is 0.100. The summed E-state index contributed by atoms with van der Waals surface area (Å²) in [6.45, 7) is 0. The second-order valence-corrected chi connectivity index (χ2v) is 2.79. The van der Waals surface area contributed by atoms with Crippen molar-refractivity contribution in [1.29, 1.82) is 5.26 Å². The van der Waals surface area contributed by atoms with Crippen LogP contribution in [0.3, 0.4) is 0 Å². The molecule has 0 fully saturated rings. The molecule has 0 aliphatic carbocycles. The predicted molar refractivity (Wildman–Crippen MR) is 49.2 cm³/mol. The van der Waals surface area contributed by atoms with Crippen LogP contribution in [0.25, 0.3) is 0 Å². The summed E-state index contributed by atoms with van der Waals surface area (Å²) in [6.07, 6.45) is 1.67. The van der Waals surface area contributed by atoms with E-state index in [0.717, 1.165) is 11.4 Å². The molecular weight excluding hydrogens is 164 g/mol. The number of nitriles is 1. The second kappa shape index (κ2) is 2.83. The molecule has 1 heterocycles. The lowest BCUT2D eigenvalue weighted by molar-refractivity contribution is 0.438. The summed E-state index contributed by atoms with van der Waals surface area (Å²) < 4.78 is 5.31. The second-order valence-electron chi connectivity index (χ2n) is 2.79. The van der Waals surface area contributed by atoms with E-state index in [9.17, 15) is 0 Å². The van der Waals surface area contributed by atoms with E-state index in [4.69, 9.17) is 10.00 Å². The van der Waals surface area contributed by atoms with Crippen LogP contribution in [-0.2, 0) is 0 Å². The lowest BCUT2D eigenvalue weighted by Gasteiger charge is -2.22. The number of fused-ring (bicyclic) bond motifs is 1. The lowest BCUT2D eigenvalue weighted by atomic mass is 10.2. The maximum atomic E-state index is 8.66. The van der Waals surface area contributed by atoms with Gasteiger partial charge in [0.2, 0.25) is 5.76 Å². The molecule has 0 spiro atoms. The van der Waals surface area contributed by atoms with Gasteiger partial charge in [-0.25, -0.2) is 0 Å². The minimum Gasteiger partial charge on any atom is -0.442 e. The fourth-order valence-electron chi connectivity index (χ4n) is 1.28. The van der Waals surface area contributed by atoms with Crippen LogP contribution in [0, 0.1) is 11.3 Å². The minimum atomic E-state index is 0.321. The Balaban J connectivity index is 2.47. The SMILES string of the molecule is CN1C=C(C#N)Oc2ccccc21. The molecule has 2 rings (SSSR count). The molecule has 3 heteroatoms. The number of nitrogens with zero attached hydrogens (tertiary/aromatic N) is 2. The largest absolute Gasteiger partial charge is 0.442 e. The fourth-order valence-corrected chi connectivity index (χ4v) is 1.28. The summed E-state index contributed by atoms with van der Waals surface area (Å²) in [7, 11) is 1.89. The van der Waals surface area contributed by atoms with Crippen LogP contribution in [0.4, 0.5) is 5.69 Å². The third-order valence-electron chi connectivity index (χ3n) is 1.89. The number of ether oxygens (including phenoxy) is 1. The normalized spacial score (nSPS) is 13.8. The molecule has 0 saturated heterocycles. The number of para-hydroxylation sites is 2. The zero-order chi connectivity index (χ0) is 9.26. The van der Waals surface area contributed by atoms with Gasteiger partial charge >= 0.3 is 0 Å². The monoisotopic (exact) mass is 172 g/mol. The highest BCUT2D eigenvalue weighted by Gasteiger charge is 2.14. The van der Waals surface area contributed by atoms with Crippen LogP contribution in [-0.4, -0.2) is 7.05 Å². The molecule has 13 heavy (non-hydrogen) atoms. The quantitative estimate of drug-likeness (QED) is 0.599. The van der Waals surface area contributed by atoms with Crippen molar-refractivity contribution in [2.24, 2.45) is 0 Å². The smallest absolute Gasteiger partial charge is 0.220 e. The van der Waals surface area contributed by atoms with Crippen molar-refractivity contribution in [3.05, 3.63) is 36.2 Å².